The highest BCUT2D eigenvalue weighted by Gasteiger charge is 2.25. The van der Waals surface area contributed by atoms with E-state index in [0.29, 0.717) is 11.8 Å². The smallest absolute Gasteiger partial charge is 0.178 e. The SMILES string of the molecule is CC(C)c1ccc2cc(N(c3ccccc3)c3cc4oc5c(ccc6c5oc5cc(N(c7ccccc7)c7ccc8cc(C(C)C)ccc8c7)c7ccccc7c56)c4c4ccccc34)ccc2c1. The fourth-order valence-corrected chi connectivity index (χ4v) is 10.6. The second-order valence-corrected chi connectivity index (χ2v) is 18.9. The monoisotopic (exact) mass is 876 g/mol. The van der Waals surface area contributed by atoms with Gasteiger partial charge in [0.05, 0.1) is 11.4 Å². The van der Waals surface area contributed by atoms with Crippen LogP contribution in [0, 0.1) is 0 Å². The van der Waals surface area contributed by atoms with E-state index in [1.54, 1.807) is 0 Å². The molecule has 0 unspecified atom stereocenters. The zero-order chi connectivity index (χ0) is 45.6. The van der Waals surface area contributed by atoms with Gasteiger partial charge in [0.1, 0.15) is 11.2 Å². The molecule has 4 nitrogen and oxygen atoms in total. The van der Waals surface area contributed by atoms with E-state index in [0.717, 1.165) is 99.5 Å². The van der Waals surface area contributed by atoms with Crippen LogP contribution in [0.5, 0.6) is 0 Å². The molecule has 0 fully saturated rings. The van der Waals surface area contributed by atoms with Crippen molar-refractivity contribution in [1.29, 1.82) is 0 Å². The normalized spacial score (nSPS) is 12.1. The van der Waals surface area contributed by atoms with Crippen LogP contribution in [-0.2, 0) is 0 Å². The lowest BCUT2D eigenvalue weighted by Crippen LogP contribution is -2.10. The number of fused-ring (bicyclic) bond motifs is 13. The molecule has 13 rings (SSSR count). The minimum absolute atomic E-state index is 0.462. The maximum Gasteiger partial charge on any atom is 0.178 e. The number of para-hydroxylation sites is 2. The van der Waals surface area contributed by atoms with Crippen molar-refractivity contribution in [3.8, 4) is 0 Å². The molecule has 0 bridgehead atoms. The molecule has 2 aromatic heterocycles. The van der Waals surface area contributed by atoms with Gasteiger partial charge in [0.15, 0.2) is 11.2 Å². The number of hydrogen-bond donors (Lipinski definition) is 0. The summed E-state index contributed by atoms with van der Waals surface area (Å²) in [5, 5.41) is 13.6. The van der Waals surface area contributed by atoms with Crippen LogP contribution >= 0.6 is 0 Å². The highest BCUT2D eigenvalue weighted by molar-refractivity contribution is 6.30. The van der Waals surface area contributed by atoms with Crippen LogP contribution < -0.4 is 9.80 Å². The van der Waals surface area contributed by atoms with Crippen LogP contribution in [0.15, 0.2) is 215 Å². The molecule has 0 aliphatic carbocycles. The fraction of sp³-hybridized carbons (Fsp3) is 0.0938. The predicted octanol–water partition coefficient (Wildman–Crippen LogP) is 19.3. The molecular formula is C64H48N2O2. The summed E-state index contributed by atoms with van der Waals surface area (Å²) >= 11 is 0. The van der Waals surface area contributed by atoms with Gasteiger partial charge in [0, 0.05) is 67.2 Å². The Morgan fingerprint density at radius 2 is 0.676 bits per heavy atom. The maximum atomic E-state index is 7.13. The average molecular weight is 877 g/mol. The zero-order valence-electron chi connectivity index (χ0n) is 38.5. The van der Waals surface area contributed by atoms with E-state index in [-0.39, 0.29) is 0 Å². The third kappa shape index (κ3) is 6.36. The van der Waals surface area contributed by atoms with E-state index in [1.165, 1.54) is 32.7 Å². The van der Waals surface area contributed by atoms with Crippen LogP contribution in [0.3, 0.4) is 0 Å². The largest absolute Gasteiger partial charge is 0.452 e. The van der Waals surface area contributed by atoms with Gasteiger partial charge in [-0.05, 0) is 116 Å². The molecule has 2 heterocycles. The zero-order valence-corrected chi connectivity index (χ0v) is 38.5. The number of rotatable bonds is 8. The molecule has 4 heteroatoms. The molecule has 11 aromatic carbocycles. The van der Waals surface area contributed by atoms with Gasteiger partial charge in [-0.15, -0.1) is 0 Å². The molecule has 0 saturated heterocycles. The number of nitrogens with zero attached hydrogens (tertiary/aromatic N) is 2. The summed E-state index contributed by atoms with van der Waals surface area (Å²) < 4.78 is 14.3. The van der Waals surface area contributed by atoms with Crippen LogP contribution in [0.1, 0.15) is 50.7 Å². The Bertz CT molecular complexity index is 3840. The van der Waals surface area contributed by atoms with Crippen molar-refractivity contribution in [1.82, 2.24) is 0 Å². The number of anilines is 6. The van der Waals surface area contributed by atoms with Crippen molar-refractivity contribution in [2.75, 3.05) is 9.80 Å². The van der Waals surface area contributed by atoms with Crippen molar-refractivity contribution >= 4 is 121 Å². The molecule has 0 N–H and O–H groups in total. The highest BCUT2D eigenvalue weighted by atomic mass is 16.4. The van der Waals surface area contributed by atoms with Gasteiger partial charge in [0.2, 0.25) is 0 Å². The van der Waals surface area contributed by atoms with Crippen LogP contribution in [0.2, 0.25) is 0 Å². The summed E-state index contributed by atoms with van der Waals surface area (Å²) in [5.74, 6) is 0.924. The Morgan fingerprint density at radius 3 is 1.09 bits per heavy atom. The van der Waals surface area contributed by atoms with Gasteiger partial charge >= 0.3 is 0 Å². The molecule has 0 spiro atoms. The predicted molar refractivity (Wildman–Crippen MR) is 289 cm³/mol. The second-order valence-electron chi connectivity index (χ2n) is 18.9. The molecular weight excluding hydrogens is 829 g/mol. The Morgan fingerprint density at radius 1 is 0.309 bits per heavy atom. The first-order valence-electron chi connectivity index (χ1n) is 23.8. The summed E-state index contributed by atoms with van der Waals surface area (Å²) in [4.78, 5) is 4.73. The van der Waals surface area contributed by atoms with Gasteiger partial charge in [-0.25, -0.2) is 0 Å². The van der Waals surface area contributed by atoms with Gasteiger partial charge in [-0.3, -0.25) is 0 Å². The van der Waals surface area contributed by atoms with Crippen molar-refractivity contribution < 1.29 is 8.83 Å². The Labute approximate surface area is 394 Å². The van der Waals surface area contributed by atoms with E-state index >= 15 is 0 Å². The summed E-state index contributed by atoms with van der Waals surface area (Å²) in [6, 6.07) is 75.0. The van der Waals surface area contributed by atoms with Crippen molar-refractivity contribution in [3.63, 3.8) is 0 Å². The van der Waals surface area contributed by atoms with Crippen LogP contribution in [-0.4, -0.2) is 0 Å². The molecule has 0 saturated carbocycles. The summed E-state index contributed by atoms with van der Waals surface area (Å²) in [5.41, 5.74) is 12.2. The van der Waals surface area contributed by atoms with E-state index in [9.17, 15) is 0 Å². The Kier molecular flexibility index (Phi) is 9.20. The van der Waals surface area contributed by atoms with Crippen molar-refractivity contribution in [2.45, 2.75) is 39.5 Å². The quantitative estimate of drug-likeness (QED) is 0.152. The third-order valence-corrected chi connectivity index (χ3v) is 14.1. The minimum Gasteiger partial charge on any atom is -0.452 e. The van der Waals surface area contributed by atoms with E-state index in [1.807, 2.05) is 0 Å². The third-order valence-electron chi connectivity index (χ3n) is 14.1. The van der Waals surface area contributed by atoms with Gasteiger partial charge in [0.25, 0.3) is 0 Å². The van der Waals surface area contributed by atoms with Crippen LogP contribution in [0.4, 0.5) is 34.1 Å². The standard InChI is InChI=1S/C64H48N2O2/c1-39(2)41-23-25-45-35-49(29-27-43(45)33-41)65(47-15-7-5-8-16-47)57-37-59-61(53-21-13-11-19-51(53)57)55-31-32-56-62-54-22-14-12-20-52(54)58(38-60(62)68-64(56)63(55)67-59)66(48-17-9-6-10-18-48)50-30-28-44-34-42(40(3)4)24-26-46(44)36-50/h5-40H,1-4H3. The summed E-state index contributed by atoms with van der Waals surface area (Å²) in [7, 11) is 0. The molecule has 0 aliphatic rings. The van der Waals surface area contributed by atoms with Gasteiger partial charge < -0.3 is 18.6 Å². The summed E-state index contributed by atoms with van der Waals surface area (Å²) in [6.45, 7) is 8.99. The molecule has 13 aromatic rings. The fourth-order valence-electron chi connectivity index (χ4n) is 10.6. The summed E-state index contributed by atoms with van der Waals surface area (Å²) in [6.07, 6.45) is 0. The van der Waals surface area contributed by atoms with Gasteiger partial charge in [-0.1, -0.05) is 161 Å². The number of hydrogen-bond acceptors (Lipinski definition) is 4. The lowest BCUT2D eigenvalue weighted by atomic mass is 9.97. The first-order valence-corrected chi connectivity index (χ1v) is 23.8. The second kappa shape index (κ2) is 15.6. The molecule has 68 heavy (non-hydrogen) atoms. The highest BCUT2D eigenvalue weighted by Crippen LogP contribution is 2.50. The lowest BCUT2D eigenvalue weighted by molar-refractivity contribution is 0.633. The number of furan rings is 2. The van der Waals surface area contributed by atoms with Gasteiger partial charge in [-0.2, -0.15) is 0 Å². The first kappa shape index (κ1) is 40.0. The number of benzene rings is 11. The van der Waals surface area contributed by atoms with Crippen LogP contribution in [0.25, 0.3) is 87.0 Å². The van der Waals surface area contributed by atoms with Crippen molar-refractivity contribution in [3.05, 3.63) is 217 Å². The maximum absolute atomic E-state index is 7.13. The topological polar surface area (TPSA) is 32.8 Å². The Balaban J connectivity index is 1.02. The molecule has 326 valence electrons. The lowest BCUT2D eigenvalue weighted by Gasteiger charge is -2.27. The molecule has 0 amide bonds. The van der Waals surface area contributed by atoms with E-state index < -0.39 is 0 Å². The molecule has 0 atom stereocenters. The minimum atomic E-state index is 0.462. The van der Waals surface area contributed by atoms with E-state index in [2.05, 4.69) is 244 Å². The Hall–Kier alpha value is -8.34. The first-order chi connectivity index (χ1) is 33.4. The van der Waals surface area contributed by atoms with Crippen molar-refractivity contribution in [2.24, 2.45) is 0 Å². The van der Waals surface area contributed by atoms with E-state index in [4.69, 9.17) is 8.83 Å². The molecule has 0 aliphatic heterocycles. The molecule has 0 radical (unpaired) electrons. The average Bonchev–Trinajstić information content (AvgIpc) is 3.96.